The summed E-state index contributed by atoms with van der Waals surface area (Å²) in [5, 5.41) is 0. The predicted octanol–water partition coefficient (Wildman–Crippen LogP) is 3.03. The SMILES string of the molecule is COCC1CCCN(c2ccc(CN)cc2C(F)(F)F)C1. The molecule has 1 saturated heterocycles. The number of alkyl halides is 3. The number of nitrogens with two attached hydrogens (primary N) is 1. The Morgan fingerprint density at radius 2 is 2.14 bits per heavy atom. The number of hydrogen-bond donors (Lipinski definition) is 1. The van der Waals surface area contributed by atoms with Crippen LogP contribution in [0, 0.1) is 5.92 Å². The van der Waals surface area contributed by atoms with E-state index in [1.807, 2.05) is 4.90 Å². The van der Waals surface area contributed by atoms with Crippen LogP contribution < -0.4 is 10.6 Å². The van der Waals surface area contributed by atoms with Crippen molar-refractivity contribution in [1.29, 1.82) is 0 Å². The first kappa shape index (κ1) is 16.1. The van der Waals surface area contributed by atoms with E-state index in [1.54, 1.807) is 19.2 Å². The van der Waals surface area contributed by atoms with E-state index in [1.165, 1.54) is 0 Å². The molecule has 6 heteroatoms. The number of rotatable bonds is 4. The van der Waals surface area contributed by atoms with E-state index in [4.69, 9.17) is 10.5 Å². The number of hydrogen-bond acceptors (Lipinski definition) is 3. The zero-order valence-electron chi connectivity index (χ0n) is 12.1. The lowest BCUT2D eigenvalue weighted by Crippen LogP contribution is -2.38. The minimum Gasteiger partial charge on any atom is -0.384 e. The molecule has 0 aliphatic carbocycles. The van der Waals surface area contributed by atoms with Crippen LogP contribution in [-0.4, -0.2) is 26.8 Å². The molecule has 0 saturated carbocycles. The van der Waals surface area contributed by atoms with E-state index in [-0.39, 0.29) is 18.2 Å². The van der Waals surface area contributed by atoms with Crippen molar-refractivity contribution in [2.24, 2.45) is 11.7 Å². The van der Waals surface area contributed by atoms with Gasteiger partial charge in [-0.15, -0.1) is 0 Å². The molecule has 1 aliphatic rings. The van der Waals surface area contributed by atoms with Crippen LogP contribution in [0.4, 0.5) is 18.9 Å². The maximum absolute atomic E-state index is 13.3. The summed E-state index contributed by atoms with van der Waals surface area (Å²) in [6.45, 7) is 1.93. The molecule has 1 aromatic rings. The second kappa shape index (κ2) is 6.66. The van der Waals surface area contributed by atoms with Crippen LogP contribution in [0.25, 0.3) is 0 Å². The zero-order chi connectivity index (χ0) is 15.5. The van der Waals surface area contributed by atoms with Crippen molar-refractivity contribution >= 4 is 5.69 Å². The highest BCUT2D eigenvalue weighted by Gasteiger charge is 2.36. The van der Waals surface area contributed by atoms with Gasteiger partial charge in [0.2, 0.25) is 0 Å². The monoisotopic (exact) mass is 302 g/mol. The van der Waals surface area contributed by atoms with E-state index in [0.29, 0.717) is 25.3 Å². The van der Waals surface area contributed by atoms with E-state index in [0.717, 1.165) is 18.9 Å². The number of benzene rings is 1. The maximum Gasteiger partial charge on any atom is 0.418 e. The van der Waals surface area contributed by atoms with Gasteiger partial charge >= 0.3 is 6.18 Å². The van der Waals surface area contributed by atoms with Crippen molar-refractivity contribution in [2.45, 2.75) is 25.6 Å². The normalized spacial score (nSPS) is 19.9. The van der Waals surface area contributed by atoms with Crippen LogP contribution in [0.3, 0.4) is 0 Å². The third-order valence-electron chi connectivity index (χ3n) is 3.86. The fraction of sp³-hybridized carbons (Fsp3) is 0.600. The Morgan fingerprint density at radius 1 is 1.38 bits per heavy atom. The van der Waals surface area contributed by atoms with Gasteiger partial charge in [0, 0.05) is 32.4 Å². The quantitative estimate of drug-likeness (QED) is 0.929. The Kier molecular flexibility index (Phi) is 5.11. The zero-order valence-corrected chi connectivity index (χ0v) is 12.1. The summed E-state index contributed by atoms with van der Waals surface area (Å²) in [6.07, 6.45) is -2.49. The minimum absolute atomic E-state index is 0.107. The molecule has 1 atom stereocenters. The summed E-state index contributed by atoms with van der Waals surface area (Å²) in [4.78, 5) is 1.82. The average molecular weight is 302 g/mol. The number of anilines is 1. The standard InChI is InChI=1S/C15H21F3N2O/c1-21-10-12-3-2-6-20(9-12)14-5-4-11(8-19)7-13(14)15(16,17)18/h4-5,7,12H,2-3,6,8-10,19H2,1H3. The Labute approximate surface area is 122 Å². The molecular formula is C15H21F3N2O. The topological polar surface area (TPSA) is 38.5 Å². The molecule has 1 aliphatic heterocycles. The summed E-state index contributed by atoms with van der Waals surface area (Å²) in [7, 11) is 1.62. The molecule has 0 amide bonds. The number of nitrogens with zero attached hydrogens (tertiary/aromatic N) is 1. The van der Waals surface area contributed by atoms with Gasteiger partial charge < -0.3 is 15.4 Å². The van der Waals surface area contributed by atoms with E-state index in [9.17, 15) is 13.2 Å². The molecule has 21 heavy (non-hydrogen) atoms. The van der Waals surface area contributed by atoms with Gasteiger partial charge in [-0.3, -0.25) is 0 Å². The minimum atomic E-state index is -4.37. The van der Waals surface area contributed by atoms with Gasteiger partial charge in [-0.2, -0.15) is 13.2 Å². The first-order valence-corrected chi connectivity index (χ1v) is 7.09. The third kappa shape index (κ3) is 3.89. The summed E-state index contributed by atoms with van der Waals surface area (Å²) in [6, 6.07) is 4.37. The first-order valence-electron chi connectivity index (χ1n) is 7.09. The van der Waals surface area contributed by atoms with Crippen molar-refractivity contribution in [1.82, 2.24) is 0 Å². The molecule has 3 nitrogen and oxygen atoms in total. The highest BCUT2D eigenvalue weighted by atomic mass is 19.4. The lowest BCUT2D eigenvalue weighted by atomic mass is 9.97. The summed E-state index contributed by atoms with van der Waals surface area (Å²) in [5.41, 5.74) is 5.61. The molecule has 1 fully saturated rings. The van der Waals surface area contributed by atoms with Crippen LogP contribution in [0.5, 0.6) is 0 Å². The smallest absolute Gasteiger partial charge is 0.384 e. The van der Waals surface area contributed by atoms with Gasteiger partial charge in [-0.25, -0.2) is 0 Å². The first-order chi connectivity index (χ1) is 9.95. The molecule has 2 N–H and O–H groups in total. The van der Waals surface area contributed by atoms with Crippen LogP contribution >= 0.6 is 0 Å². The van der Waals surface area contributed by atoms with Crippen LogP contribution in [-0.2, 0) is 17.5 Å². The summed E-state index contributed by atoms with van der Waals surface area (Å²) < 4.78 is 45.0. The second-order valence-electron chi connectivity index (χ2n) is 5.46. The Hall–Kier alpha value is -1.27. The number of ether oxygens (including phenoxy) is 1. The van der Waals surface area contributed by atoms with Gasteiger partial charge in [0.25, 0.3) is 0 Å². The van der Waals surface area contributed by atoms with Crippen molar-refractivity contribution in [3.05, 3.63) is 29.3 Å². The summed E-state index contributed by atoms with van der Waals surface area (Å²) >= 11 is 0. The van der Waals surface area contributed by atoms with Crippen molar-refractivity contribution in [2.75, 3.05) is 31.7 Å². The van der Waals surface area contributed by atoms with Crippen molar-refractivity contribution in [3.8, 4) is 0 Å². The molecule has 0 spiro atoms. The van der Waals surface area contributed by atoms with E-state index in [2.05, 4.69) is 0 Å². The van der Waals surface area contributed by atoms with Crippen LogP contribution in [0.2, 0.25) is 0 Å². The van der Waals surface area contributed by atoms with Crippen LogP contribution in [0.1, 0.15) is 24.0 Å². The molecule has 1 heterocycles. The second-order valence-corrected chi connectivity index (χ2v) is 5.46. The van der Waals surface area contributed by atoms with Crippen molar-refractivity contribution < 1.29 is 17.9 Å². The summed E-state index contributed by atoms with van der Waals surface area (Å²) in [5.74, 6) is 0.277. The van der Waals surface area contributed by atoms with Gasteiger partial charge in [-0.1, -0.05) is 6.07 Å². The molecule has 2 rings (SSSR count). The Bertz CT molecular complexity index is 474. The molecule has 0 aromatic heterocycles. The Balaban J connectivity index is 2.29. The predicted molar refractivity (Wildman–Crippen MR) is 76.1 cm³/mol. The maximum atomic E-state index is 13.3. The Morgan fingerprint density at radius 3 is 2.76 bits per heavy atom. The lowest BCUT2D eigenvalue weighted by molar-refractivity contribution is -0.137. The lowest BCUT2D eigenvalue weighted by Gasteiger charge is -2.35. The molecule has 0 bridgehead atoms. The third-order valence-corrected chi connectivity index (χ3v) is 3.86. The number of halogens is 3. The van der Waals surface area contributed by atoms with Crippen molar-refractivity contribution in [3.63, 3.8) is 0 Å². The van der Waals surface area contributed by atoms with E-state index < -0.39 is 11.7 Å². The average Bonchev–Trinajstić information content (AvgIpc) is 2.46. The van der Waals surface area contributed by atoms with Crippen LogP contribution in [0.15, 0.2) is 18.2 Å². The molecule has 1 unspecified atom stereocenters. The fourth-order valence-electron chi connectivity index (χ4n) is 2.87. The van der Waals surface area contributed by atoms with Gasteiger partial charge in [0.05, 0.1) is 12.2 Å². The largest absolute Gasteiger partial charge is 0.418 e. The highest BCUT2D eigenvalue weighted by molar-refractivity contribution is 5.56. The number of methoxy groups -OCH3 is 1. The van der Waals surface area contributed by atoms with E-state index >= 15 is 0 Å². The molecule has 118 valence electrons. The number of piperidine rings is 1. The fourth-order valence-corrected chi connectivity index (χ4v) is 2.87. The molecule has 0 radical (unpaired) electrons. The van der Waals surface area contributed by atoms with Gasteiger partial charge in [0.15, 0.2) is 0 Å². The van der Waals surface area contributed by atoms with Gasteiger partial charge in [-0.05, 0) is 36.5 Å². The highest BCUT2D eigenvalue weighted by Crippen LogP contribution is 2.38. The van der Waals surface area contributed by atoms with Gasteiger partial charge in [0.1, 0.15) is 0 Å². The molecule has 1 aromatic carbocycles. The molecular weight excluding hydrogens is 281 g/mol.